The van der Waals surface area contributed by atoms with E-state index in [0.29, 0.717) is 16.5 Å². The number of rotatable bonds is 4. The molecule has 0 spiro atoms. The lowest BCUT2D eigenvalue weighted by Gasteiger charge is -2.06. The Hall–Kier alpha value is -2.14. The molecule has 1 N–H and O–H groups in total. The molecule has 0 atom stereocenters. The summed E-state index contributed by atoms with van der Waals surface area (Å²) >= 11 is 5.73. The zero-order valence-electron chi connectivity index (χ0n) is 9.34. The second-order valence-electron chi connectivity index (χ2n) is 3.42. The van der Waals surface area contributed by atoms with Crippen LogP contribution >= 0.6 is 11.6 Å². The number of nitrogens with zero attached hydrogens (tertiary/aromatic N) is 2. The Morgan fingerprint density at radius 3 is 2.56 bits per heavy atom. The third-order valence-corrected chi connectivity index (χ3v) is 2.28. The highest BCUT2D eigenvalue weighted by molar-refractivity contribution is 6.30. The van der Waals surface area contributed by atoms with E-state index in [0.717, 1.165) is 0 Å². The number of halogens is 1. The number of ether oxygens (including phenoxy) is 1. The van der Waals surface area contributed by atoms with Crippen LogP contribution in [-0.4, -0.2) is 22.5 Å². The van der Waals surface area contributed by atoms with Crippen molar-refractivity contribution in [2.24, 2.45) is 0 Å². The minimum atomic E-state index is -0.278. The summed E-state index contributed by atoms with van der Waals surface area (Å²) in [6, 6.07) is 6.78. The highest BCUT2D eigenvalue weighted by Crippen LogP contribution is 2.15. The molecule has 1 heterocycles. The molecule has 0 bridgehead atoms. The molecule has 0 aliphatic carbocycles. The van der Waals surface area contributed by atoms with Crippen LogP contribution in [0.4, 0.5) is 5.69 Å². The Kier molecular flexibility index (Phi) is 4.09. The number of carbonyl (C=O) groups is 1. The Morgan fingerprint density at radius 1 is 1.22 bits per heavy atom. The third kappa shape index (κ3) is 3.71. The quantitative estimate of drug-likeness (QED) is 0.918. The largest absolute Gasteiger partial charge is 0.484 e. The Labute approximate surface area is 109 Å². The number of benzene rings is 1. The third-order valence-electron chi connectivity index (χ3n) is 2.03. The summed E-state index contributed by atoms with van der Waals surface area (Å²) in [5, 5.41) is 3.23. The summed E-state index contributed by atoms with van der Waals surface area (Å²) in [6.45, 7) is -0.0868. The normalized spacial score (nSPS) is 9.83. The maximum atomic E-state index is 11.5. The molecule has 2 aromatic rings. The molecule has 1 aromatic carbocycles. The molecule has 0 saturated heterocycles. The number of hydrogen-bond acceptors (Lipinski definition) is 4. The molecule has 18 heavy (non-hydrogen) atoms. The number of carbonyl (C=O) groups excluding carboxylic acids is 1. The van der Waals surface area contributed by atoms with Gasteiger partial charge in [-0.2, -0.15) is 0 Å². The lowest BCUT2D eigenvalue weighted by molar-refractivity contribution is -0.118. The summed E-state index contributed by atoms with van der Waals surface area (Å²) in [6.07, 6.45) is 4.40. The Bertz CT molecular complexity index is 517. The standard InChI is InChI=1S/C12H10ClN3O2/c13-9-1-3-11(4-2-9)18-7-12(17)16-10-5-14-8-15-6-10/h1-6,8H,7H2,(H,16,17). The van der Waals surface area contributed by atoms with Crippen molar-refractivity contribution in [2.45, 2.75) is 0 Å². The van der Waals surface area contributed by atoms with Gasteiger partial charge in [0.1, 0.15) is 12.1 Å². The average Bonchev–Trinajstić information content (AvgIpc) is 2.39. The van der Waals surface area contributed by atoms with E-state index in [2.05, 4.69) is 15.3 Å². The molecule has 0 fully saturated rings. The molecule has 1 amide bonds. The zero-order chi connectivity index (χ0) is 12.8. The van der Waals surface area contributed by atoms with Crippen LogP contribution in [0.15, 0.2) is 43.0 Å². The van der Waals surface area contributed by atoms with E-state index in [-0.39, 0.29) is 12.5 Å². The van der Waals surface area contributed by atoms with Gasteiger partial charge in [-0.25, -0.2) is 9.97 Å². The van der Waals surface area contributed by atoms with E-state index in [1.54, 1.807) is 24.3 Å². The first kappa shape index (κ1) is 12.3. The first-order valence-corrected chi connectivity index (χ1v) is 5.55. The van der Waals surface area contributed by atoms with E-state index in [1.165, 1.54) is 18.7 Å². The molecule has 2 rings (SSSR count). The van der Waals surface area contributed by atoms with Crippen LogP contribution < -0.4 is 10.1 Å². The van der Waals surface area contributed by atoms with Crippen molar-refractivity contribution in [3.05, 3.63) is 48.0 Å². The highest BCUT2D eigenvalue weighted by Gasteiger charge is 2.03. The van der Waals surface area contributed by atoms with Crippen LogP contribution in [0.3, 0.4) is 0 Å². The average molecular weight is 264 g/mol. The zero-order valence-corrected chi connectivity index (χ0v) is 10.1. The maximum absolute atomic E-state index is 11.5. The number of nitrogens with one attached hydrogen (secondary N) is 1. The van der Waals surface area contributed by atoms with Crippen molar-refractivity contribution in [1.29, 1.82) is 0 Å². The monoisotopic (exact) mass is 263 g/mol. The summed E-state index contributed by atoms with van der Waals surface area (Å²) in [4.78, 5) is 19.1. The van der Waals surface area contributed by atoms with Crippen LogP contribution in [0, 0.1) is 0 Å². The molecule has 0 aliphatic heterocycles. The second-order valence-corrected chi connectivity index (χ2v) is 3.85. The summed E-state index contributed by atoms with van der Waals surface area (Å²) in [7, 11) is 0. The van der Waals surface area contributed by atoms with Crippen molar-refractivity contribution in [3.8, 4) is 5.75 Å². The lowest BCUT2D eigenvalue weighted by atomic mass is 10.3. The Balaban J connectivity index is 1.83. The van der Waals surface area contributed by atoms with Crippen molar-refractivity contribution < 1.29 is 9.53 Å². The fraction of sp³-hybridized carbons (Fsp3) is 0.0833. The first-order chi connectivity index (χ1) is 8.74. The SMILES string of the molecule is O=C(COc1ccc(Cl)cc1)Nc1cncnc1. The fourth-order valence-electron chi connectivity index (χ4n) is 1.24. The molecule has 0 radical (unpaired) electrons. The van der Waals surface area contributed by atoms with Gasteiger partial charge in [-0.3, -0.25) is 4.79 Å². The van der Waals surface area contributed by atoms with Gasteiger partial charge in [-0.05, 0) is 24.3 Å². The smallest absolute Gasteiger partial charge is 0.262 e. The molecule has 0 saturated carbocycles. The van der Waals surface area contributed by atoms with Crippen LogP contribution in [0.2, 0.25) is 5.02 Å². The van der Waals surface area contributed by atoms with Crippen LogP contribution in [0.1, 0.15) is 0 Å². The number of aromatic nitrogens is 2. The lowest BCUT2D eigenvalue weighted by Crippen LogP contribution is -2.20. The van der Waals surface area contributed by atoms with Gasteiger partial charge < -0.3 is 10.1 Å². The van der Waals surface area contributed by atoms with Gasteiger partial charge in [0.05, 0.1) is 18.1 Å². The fourth-order valence-corrected chi connectivity index (χ4v) is 1.37. The van der Waals surface area contributed by atoms with Crippen molar-refractivity contribution in [1.82, 2.24) is 9.97 Å². The second kappa shape index (κ2) is 5.97. The molecule has 5 nitrogen and oxygen atoms in total. The van der Waals surface area contributed by atoms with Gasteiger partial charge in [0.25, 0.3) is 5.91 Å². The van der Waals surface area contributed by atoms with Crippen LogP contribution in [0.25, 0.3) is 0 Å². The molecule has 0 aliphatic rings. The van der Waals surface area contributed by atoms with Crippen molar-refractivity contribution in [3.63, 3.8) is 0 Å². The van der Waals surface area contributed by atoms with E-state index in [9.17, 15) is 4.79 Å². The van der Waals surface area contributed by atoms with Crippen LogP contribution in [0.5, 0.6) is 5.75 Å². The van der Waals surface area contributed by atoms with Crippen LogP contribution in [-0.2, 0) is 4.79 Å². The molecular formula is C12H10ClN3O2. The topological polar surface area (TPSA) is 64.1 Å². The molecule has 0 unspecified atom stereocenters. The van der Waals surface area contributed by atoms with Gasteiger partial charge in [-0.1, -0.05) is 11.6 Å². The first-order valence-electron chi connectivity index (χ1n) is 5.17. The highest BCUT2D eigenvalue weighted by atomic mass is 35.5. The minimum Gasteiger partial charge on any atom is -0.484 e. The number of amides is 1. The van der Waals surface area contributed by atoms with E-state index in [1.807, 2.05) is 0 Å². The van der Waals surface area contributed by atoms with Gasteiger partial charge >= 0.3 is 0 Å². The number of anilines is 1. The van der Waals surface area contributed by atoms with E-state index < -0.39 is 0 Å². The molecule has 1 aromatic heterocycles. The predicted octanol–water partition coefficient (Wildman–Crippen LogP) is 2.15. The molecule has 92 valence electrons. The van der Waals surface area contributed by atoms with Gasteiger partial charge in [0.15, 0.2) is 6.61 Å². The van der Waals surface area contributed by atoms with E-state index >= 15 is 0 Å². The predicted molar refractivity (Wildman–Crippen MR) is 67.6 cm³/mol. The molecule has 6 heteroatoms. The van der Waals surface area contributed by atoms with Crippen molar-refractivity contribution in [2.75, 3.05) is 11.9 Å². The molecular weight excluding hydrogens is 254 g/mol. The minimum absolute atomic E-state index is 0.0868. The summed E-state index contributed by atoms with van der Waals surface area (Å²) in [5.41, 5.74) is 0.530. The van der Waals surface area contributed by atoms with E-state index in [4.69, 9.17) is 16.3 Å². The Morgan fingerprint density at radius 2 is 1.89 bits per heavy atom. The van der Waals surface area contributed by atoms with Gasteiger partial charge in [0, 0.05) is 5.02 Å². The summed E-state index contributed by atoms with van der Waals surface area (Å²) in [5.74, 6) is 0.304. The number of hydrogen-bond donors (Lipinski definition) is 1. The summed E-state index contributed by atoms with van der Waals surface area (Å²) < 4.78 is 5.28. The van der Waals surface area contributed by atoms with Gasteiger partial charge in [-0.15, -0.1) is 0 Å². The maximum Gasteiger partial charge on any atom is 0.262 e. The van der Waals surface area contributed by atoms with Gasteiger partial charge in [0.2, 0.25) is 0 Å². The van der Waals surface area contributed by atoms with Crippen molar-refractivity contribution >= 4 is 23.2 Å².